The molecule has 2 aromatic rings. The van der Waals surface area contributed by atoms with Gasteiger partial charge in [0.1, 0.15) is 11.6 Å². The van der Waals surface area contributed by atoms with E-state index in [0.29, 0.717) is 5.13 Å². The van der Waals surface area contributed by atoms with Crippen molar-refractivity contribution in [3.63, 3.8) is 0 Å². The van der Waals surface area contributed by atoms with Crippen LogP contribution in [0.5, 0.6) is 0 Å². The maximum Gasteiger partial charge on any atom is 0.268 e. The molecular weight excluding hydrogens is 306 g/mol. The van der Waals surface area contributed by atoms with E-state index in [1.54, 1.807) is 6.08 Å². The van der Waals surface area contributed by atoms with Crippen LogP contribution in [0.2, 0.25) is 0 Å². The summed E-state index contributed by atoms with van der Waals surface area (Å²) in [5.41, 5.74) is 2.84. The van der Waals surface area contributed by atoms with E-state index in [4.69, 9.17) is 0 Å². The number of amides is 1. The molecule has 0 radical (unpaired) electrons. The number of carbonyl (C=O) groups excluding carboxylic acids is 1. The Morgan fingerprint density at radius 2 is 1.96 bits per heavy atom. The molecule has 0 fully saturated rings. The lowest BCUT2D eigenvalue weighted by molar-refractivity contribution is -0.112. The van der Waals surface area contributed by atoms with Gasteiger partial charge in [-0.25, -0.2) is 4.98 Å². The molecule has 0 aliphatic carbocycles. The highest BCUT2D eigenvalue weighted by Crippen LogP contribution is 2.26. The van der Waals surface area contributed by atoms with Crippen LogP contribution in [0.4, 0.5) is 5.13 Å². The first kappa shape index (κ1) is 16.9. The number of hydrogen-bond acceptors (Lipinski definition) is 4. The molecule has 0 spiro atoms. The van der Waals surface area contributed by atoms with E-state index in [2.05, 4.69) is 31.1 Å². The molecule has 0 bridgehead atoms. The predicted octanol–water partition coefficient (Wildman–Crippen LogP) is 4.29. The number of aromatic nitrogens is 1. The van der Waals surface area contributed by atoms with E-state index >= 15 is 0 Å². The lowest BCUT2D eigenvalue weighted by Crippen LogP contribution is -2.15. The average Bonchev–Trinajstić information content (AvgIpc) is 2.95. The third-order valence-corrected chi connectivity index (χ3v) is 4.00. The van der Waals surface area contributed by atoms with E-state index in [9.17, 15) is 10.1 Å². The van der Waals surface area contributed by atoms with E-state index in [1.807, 2.05) is 42.6 Å². The number of carbonyl (C=O) groups is 1. The fourth-order valence-corrected chi connectivity index (χ4v) is 2.75. The van der Waals surface area contributed by atoms with Gasteiger partial charge in [-0.2, -0.15) is 5.26 Å². The normalized spacial score (nSPS) is 11.9. The second-order valence-electron chi connectivity index (χ2n) is 6.32. The minimum atomic E-state index is -0.442. The van der Waals surface area contributed by atoms with Crippen molar-refractivity contribution in [1.82, 2.24) is 4.98 Å². The molecule has 0 aliphatic heterocycles. The van der Waals surface area contributed by atoms with Gasteiger partial charge in [0.2, 0.25) is 0 Å². The fraction of sp³-hybridized carbons (Fsp3) is 0.278. The smallest absolute Gasteiger partial charge is 0.268 e. The maximum atomic E-state index is 12.2. The number of rotatable bonds is 3. The van der Waals surface area contributed by atoms with Gasteiger partial charge in [0.25, 0.3) is 5.91 Å². The summed E-state index contributed by atoms with van der Waals surface area (Å²) >= 11 is 1.36. The van der Waals surface area contributed by atoms with Crippen LogP contribution in [-0.4, -0.2) is 10.9 Å². The van der Waals surface area contributed by atoms with E-state index in [-0.39, 0.29) is 11.0 Å². The van der Waals surface area contributed by atoms with Crippen molar-refractivity contribution >= 4 is 28.5 Å². The van der Waals surface area contributed by atoms with Crippen LogP contribution >= 0.6 is 11.3 Å². The minimum Gasteiger partial charge on any atom is -0.297 e. The van der Waals surface area contributed by atoms with E-state index in [1.165, 1.54) is 11.3 Å². The van der Waals surface area contributed by atoms with Crippen molar-refractivity contribution in [3.8, 4) is 6.07 Å². The topological polar surface area (TPSA) is 65.8 Å². The number of anilines is 1. The van der Waals surface area contributed by atoms with Crippen LogP contribution in [0.15, 0.2) is 35.2 Å². The van der Waals surface area contributed by atoms with Gasteiger partial charge in [0, 0.05) is 10.8 Å². The molecule has 0 atom stereocenters. The largest absolute Gasteiger partial charge is 0.297 e. The minimum absolute atomic E-state index is 0.0568. The molecule has 23 heavy (non-hydrogen) atoms. The summed E-state index contributed by atoms with van der Waals surface area (Å²) in [4.78, 5) is 16.6. The van der Waals surface area contributed by atoms with E-state index in [0.717, 1.165) is 16.8 Å². The van der Waals surface area contributed by atoms with Gasteiger partial charge in [-0.15, -0.1) is 11.3 Å². The SMILES string of the molecule is Cc1ccc(/C=C(\C#N)C(=O)Nc2nc(C(C)(C)C)cs2)cc1. The summed E-state index contributed by atoms with van der Waals surface area (Å²) in [6, 6.07) is 9.58. The molecule has 5 heteroatoms. The van der Waals surface area contributed by atoms with Crippen molar-refractivity contribution < 1.29 is 4.79 Å². The molecule has 1 aromatic heterocycles. The van der Waals surface area contributed by atoms with Crippen LogP contribution in [-0.2, 0) is 10.2 Å². The van der Waals surface area contributed by atoms with E-state index < -0.39 is 5.91 Å². The van der Waals surface area contributed by atoms with Crippen LogP contribution in [0.25, 0.3) is 6.08 Å². The van der Waals surface area contributed by atoms with Crippen LogP contribution in [0.1, 0.15) is 37.6 Å². The number of thiazole rings is 1. The molecule has 1 amide bonds. The molecule has 0 saturated carbocycles. The van der Waals surface area contributed by atoms with Crippen molar-refractivity contribution in [1.29, 1.82) is 5.26 Å². The average molecular weight is 325 g/mol. The summed E-state index contributed by atoms with van der Waals surface area (Å²) in [5.74, 6) is -0.442. The first-order valence-electron chi connectivity index (χ1n) is 7.25. The van der Waals surface area contributed by atoms with Gasteiger partial charge in [0.15, 0.2) is 5.13 Å². The Hall–Kier alpha value is -2.45. The predicted molar refractivity (Wildman–Crippen MR) is 94.2 cm³/mol. The fourth-order valence-electron chi connectivity index (χ4n) is 1.82. The Labute approximate surface area is 140 Å². The summed E-state index contributed by atoms with van der Waals surface area (Å²) in [7, 11) is 0. The number of nitrogens with zero attached hydrogens (tertiary/aromatic N) is 2. The number of benzene rings is 1. The summed E-state index contributed by atoms with van der Waals surface area (Å²) < 4.78 is 0. The maximum absolute atomic E-state index is 12.2. The van der Waals surface area contributed by atoms with Gasteiger partial charge in [-0.3, -0.25) is 10.1 Å². The highest BCUT2D eigenvalue weighted by Gasteiger charge is 2.19. The second kappa shape index (κ2) is 6.76. The lowest BCUT2D eigenvalue weighted by atomic mass is 9.93. The number of nitrogens with one attached hydrogen (secondary N) is 1. The van der Waals surface area contributed by atoms with Gasteiger partial charge < -0.3 is 0 Å². The first-order valence-corrected chi connectivity index (χ1v) is 8.13. The zero-order valence-electron chi connectivity index (χ0n) is 13.7. The molecule has 4 nitrogen and oxygen atoms in total. The molecule has 0 unspecified atom stereocenters. The molecule has 1 aromatic carbocycles. The Balaban J connectivity index is 2.16. The second-order valence-corrected chi connectivity index (χ2v) is 7.18. The van der Waals surface area contributed by atoms with Gasteiger partial charge in [-0.05, 0) is 18.6 Å². The zero-order chi connectivity index (χ0) is 17.0. The Kier molecular flexibility index (Phi) is 4.97. The third kappa shape index (κ3) is 4.51. The highest BCUT2D eigenvalue weighted by molar-refractivity contribution is 7.14. The lowest BCUT2D eigenvalue weighted by Gasteiger charge is -2.14. The molecular formula is C18H19N3OS. The third-order valence-electron chi connectivity index (χ3n) is 3.25. The Morgan fingerprint density at radius 1 is 1.30 bits per heavy atom. The number of nitriles is 1. The molecule has 1 heterocycles. The molecule has 0 saturated heterocycles. The van der Waals surface area contributed by atoms with Crippen LogP contribution in [0.3, 0.4) is 0 Å². The van der Waals surface area contributed by atoms with Crippen LogP contribution in [0, 0.1) is 18.3 Å². The number of hydrogen-bond donors (Lipinski definition) is 1. The zero-order valence-corrected chi connectivity index (χ0v) is 14.5. The van der Waals surface area contributed by atoms with Gasteiger partial charge in [-0.1, -0.05) is 50.6 Å². The van der Waals surface area contributed by atoms with Crippen molar-refractivity contribution in [3.05, 3.63) is 52.0 Å². The summed E-state index contributed by atoms with van der Waals surface area (Å²) in [5, 5.41) is 14.4. The molecule has 1 N–H and O–H groups in total. The molecule has 2 rings (SSSR count). The Bertz CT molecular complexity index is 774. The van der Waals surface area contributed by atoms with Gasteiger partial charge >= 0.3 is 0 Å². The highest BCUT2D eigenvalue weighted by atomic mass is 32.1. The number of aryl methyl sites for hydroxylation is 1. The monoisotopic (exact) mass is 325 g/mol. The quantitative estimate of drug-likeness (QED) is 0.676. The molecule has 118 valence electrons. The standard InChI is InChI=1S/C18H19N3OS/c1-12-5-7-13(8-6-12)9-14(10-19)16(22)21-17-20-15(11-23-17)18(2,3)4/h5-9,11H,1-4H3,(H,20,21,22)/b14-9+. The van der Waals surface area contributed by atoms with Gasteiger partial charge in [0.05, 0.1) is 5.69 Å². The molecule has 0 aliphatic rings. The van der Waals surface area contributed by atoms with Crippen molar-refractivity contribution in [2.45, 2.75) is 33.1 Å². The van der Waals surface area contributed by atoms with Crippen molar-refractivity contribution in [2.24, 2.45) is 0 Å². The summed E-state index contributed by atoms with van der Waals surface area (Å²) in [6.45, 7) is 8.17. The van der Waals surface area contributed by atoms with Crippen molar-refractivity contribution in [2.75, 3.05) is 5.32 Å². The first-order chi connectivity index (χ1) is 10.8. The van der Waals surface area contributed by atoms with Crippen LogP contribution < -0.4 is 5.32 Å². The summed E-state index contributed by atoms with van der Waals surface area (Å²) in [6.07, 6.45) is 1.58. The Morgan fingerprint density at radius 3 is 2.48 bits per heavy atom.